The van der Waals surface area contributed by atoms with E-state index in [1.807, 2.05) is 42.5 Å². The summed E-state index contributed by atoms with van der Waals surface area (Å²) in [6.45, 7) is 3.23. The molecule has 0 spiro atoms. The van der Waals surface area contributed by atoms with Crippen LogP contribution < -0.4 is 10.1 Å². The molecule has 31 heavy (non-hydrogen) atoms. The quantitative estimate of drug-likeness (QED) is 0.254. The number of sulfonamides is 1. The van der Waals surface area contributed by atoms with Gasteiger partial charge in [-0.15, -0.1) is 0 Å². The average Bonchev–Trinajstić information content (AvgIpc) is 2.75. The molecule has 4 rings (SSSR count). The van der Waals surface area contributed by atoms with Crippen LogP contribution in [0.5, 0.6) is 0 Å². The highest BCUT2D eigenvalue weighted by Gasteiger charge is 2.20. The smallest absolute Gasteiger partial charge is 0.276 e. The van der Waals surface area contributed by atoms with E-state index in [0.717, 1.165) is 32.8 Å². The molecule has 0 aliphatic carbocycles. The van der Waals surface area contributed by atoms with Gasteiger partial charge in [0.15, 0.2) is 0 Å². The Morgan fingerprint density at radius 1 is 1.06 bits per heavy atom. The molecule has 0 amide bonds. The molecule has 1 aliphatic heterocycles. The van der Waals surface area contributed by atoms with Crippen LogP contribution in [0.25, 0.3) is 0 Å². The number of hydrogen-bond acceptors (Lipinski definition) is 7. The summed E-state index contributed by atoms with van der Waals surface area (Å²) < 4.78 is 25.1. The first-order valence-electron chi connectivity index (χ1n) is 9.24. The number of nitro benzene ring substituents is 1. The zero-order chi connectivity index (χ0) is 22.2. The van der Waals surface area contributed by atoms with Crippen molar-refractivity contribution in [1.29, 1.82) is 0 Å². The van der Waals surface area contributed by atoms with Crippen LogP contribution in [-0.2, 0) is 10.0 Å². The van der Waals surface area contributed by atoms with Crippen molar-refractivity contribution in [3.8, 4) is 0 Å². The van der Waals surface area contributed by atoms with E-state index >= 15 is 0 Å². The number of benzene rings is 3. The molecule has 0 bridgehead atoms. The number of aryl methyl sites for hydroxylation is 1. The van der Waals surface area contributed by atoms with Crippen LogP contribution in [0.1, 0.15) is 18.1 Å². The second-order valence-corrected chi connectivity index (χ2v) is 9.68. The summed E-state index contributed by atoms with van der Waals surface area (Å²) in [4.78, 5) is 14.6. The predicted molar refractivity (Wildman–Crippen MR) is 121 cm³/mol. The summed E-state index contributed by atoms with van der Waals surface area (Å²) in [7, 11) is -4.06. The lowest BCUT2D eigenvalue weighted by Gasteiger charge is -2.21. The van der Waals surface area contributed by atoms with Gasteiger partial charge >= 0.3 is 0 Å². The molecule has 2 N–H and O–H groups in total. The van der Waals surface area contributed by atoms with Crippen LogP contribution in [0.3, 0.4) is 0 Å². The zero-order valence-corrected chi connectivity index (χ0v) is 18.3. The van der Waals surface area contributed by atoms with Gasteiger partial charge in [0.05, 0.1) is 26.9 Å². The van der Waals surface area contributed by atoms with Gasteiger partial charge in [-0.3, -0.25) is 10.1 Å². The van der Waals surface area contributed by atoms with Gasteiger partial charge < -0.3 is 5.32 Å². The number of hydrazone groups is 1. The number of nitro groups is 1. The normalized spacial score (nSPS) is 13.0. The summed E-state index contributed by atoms with van der Waals surface area (Å²) >= 11 is 1.65. The Morgan fingerprint density at radius 2 is 1.81 bits per heavy atom. The van der Waals surface area contributed by atoms with Gasteiger partial charge in [-0.2, -0.15) is 18.4 Å². The van der Waals surface area contributed by atoms with Crippen molar-refractivity contribution in [3.05, 3.63) is 81.9 Å². The topological polar surface area (TPSA) is 114 Å². The van der Waals surface area contributed by atoms with Crippen LogP contribution >= 0.6 is 11.8 Å². The summed E-state index contributed by atoms with van der Waals surface area (Å²) in [5, 5.41) is 18.5. The Labute approximate surface area is 183 Å². The Morgan fingerprint density at radius 3 is 2.58 bits per heavy atom. The molecule has 0 radical (unpaired) electrons. The van der Waals surface area contributed by atoms with Crippen molar-refractivity contribution in [2.45, 2.75) is 28.5 Å². The van der Waals surface area contributed by atoms with E-state index in [1.165, 1.54) is 12.1 Å². The lowest BCUT2D eigenvalue weighted by Crippen LogP contribution is -2.20. The molecule has 1 aliphatic rings. The van der Waals surface area contributed by atoms with E-state index < -0.39 is 14.9 Å². The van der Waals surface area contributed by atoms with Crippen molar-refractivity contribution in [1.82, 2.24) is 4.83 Å². The molecule has 10 heteroatoms. The van der Waals surface area contributed by atoms with Crippen molar-refractivity contribution in [2.24, 2.45) is 5.10 Å². The number of nitrogens with one attached hydrogen (secondary N) is 2. The minimum atomic E-state index is -4.06. The van der Waals surface area contributed by atoms with Gasteiger partial charge in [-0.05, 0) is 49.7 Å². The highest BCUT2D eigenvalue weighted by Crippen LogP contribution is 2.44. The summed E-state index contributed by atoms with van der Waals surface area (Å²) in [5.41, 5.74) is 3.23. The largest absolute Gasteiger partial charge is 0.354 e. The first kappa shape index (κ1) is 20.9. The standard InChI is InChI=1S/C21H18N4O4S2/c1-13-7-9-16(12-19(13)25(26)27)31(28,29)24-23-14(2)15-8-10-21-18(11-15)22-17-5-3-4-6-20(17)30-21/h3-12,22,24H,1-2H3. The van der Waals surface area contributed by atoms with E-state index in [9.17, 15) is 18.5 Å². The molecule has 0 saturated carbocycles. The molecule has 0 saturated heterocycles. The maximum absolute atomic E-state index is 12.6. The molecular formula is C21H18N4O4S2. The zero-order valence-electron chi connectivity index (χ0n) is 16.6. The van der Waals surface area contributed by atoms with E-state index in [2.05, 4.69) is 15.2 Å². The van der Waals surface area contributed by atoms with Gasteiger partial charge in [0.1, 0.15) is 0 Å². The number of nitrogens with zero attached hydrogens (tertiary/aromatic N) is 2. The van der Waals surface area contributed by atoms with Gasteiger partial charge in [0.25, 0.3) is 15.7 Å². The summed E-state index contributed by atoms with van der Waals surface area (Å²) in [6.07, 6.45) is 0. The Bertz CT molecular complexity index is 1340. The van der Waals surface area contributed by atoms with Crippen LogP contribution in [-0.4, -0.2) is 19.1 Å². The van der Waals surface area contributed by atoms with Gasteiger partial charge in [-0.1, -0.05) is 36.0 Å². The second-order valence-electron chi connectivity index (χ2n) is 6.93. The SMILES string of the molecule is CC(=NNS(=O)(=O)c1ccc(C)c([N+](=O)[O-])c1)c1ccc2c(c1)Nc1ccccc1S2. The monoisotopic (exact) mass is 454 g/mol. The summed E-state index contributed by atoms with van der Waals surface area (Å²) in [5.74, 6) is 0. The second kappa shape index (κ2) is 8.05. The molecule has 0 fully saturated rings. The van der Waals surface area contributed by atoms with Gasteiger partial charge in [0, 0.05) is 21.4 Å². The van der Waals surface area contributed by atoms with Crippen LogP contribution in [0, 0.1) is 17.0 Å². The third-order valence-electron chi connectivity index (χ3n) is 4.79. The van der Waals surface area contributed by atoms with Crippen molar-refractivity contribution in [3.63, 3.8) is 0 Å². The average molecular weight is 455 g/mol. The van der Waals surface area contributed by atoms with E-state index in [1.54, 1.807) is 25.6 Å². The Hall–Kier alpha value is -3.37. The first-order chi connectivity index (χ1) is 14.7. The minimum absolute atomic E-state index is 0.221. The van der Waals surface area contributed by atoms with Crippen LogP contribution in [0.4, 0.5) is 17.1 Å². The molecule has 3 aromatic carbocycles. The highest BCUT2D eigenvalue weighted by atomic mass is 32.2. The lowest BCUT2D eigenvalue weighted by atomic mass is 10.1. The van der Waals surface area contributed by atoms with Crippen LogP contribution in [0.2, 0.25) is 0 Å². The molecule has 1 heterocycles. The Balaban J connectivity index is 1.57. The number of hydrogen-bond donors (Lipinski definition) is 2. The van der Waals surface area contributed by atoms with E-state index in [4.69, 9.17) is 0 Å². The maximum Gasteiger partial charge on any atom is 0.276 e. The fourth-order valence-corrected chi connectivity index (χ4v) is 4.91. The van der Waals surface area contributed by atoms with Crippen molar-refractivity contribution >= 4 is 44.6 Å². The molecule has 3 aromatic rings. The third kappa shape index (κ3) is 4.25. The van der Waals surface area contributed by atoms with Gasteiger partial charge in [0.2, 0.25) is 0 Å². The lowest BCUT2D eigenvalue weighted by molar-refractivity contribution is -0.385. The van der Waals surface area contributed by atoms with E-state index in [0.29, 0.717) is 11.3 Å². The molecule has 158 valence electrons. The molecular weight excluding hydrogens is 436 g/mol. The molecule has 0 unspecified atom stereocenters. The fraction of sp³-hybridized carbons (Fsp3) is 0.0952. The van der Waals surface area contributed by atoms with Crippen LogP contribution in [0.15, 0.2) is 80.5 Å². The predicted octanol–water partition coefficient (Wildman–Crippen LogP) is 4.81. The first-order valence-corrected chi connectivity index (χ1v) is 11.5. The number of fused-ring (bicyclic) bond motifs is 2. The number of rotatable bonds is 5. The molecule has 8 nitrogen and oxygen atoms in total. The molecule has 0 atom stereocenters. The minimum Gasteiger partial charge on any atom is -0.354 e. The number of para-hydroxylation sites is 1. The summed E-state index contributed by atoms with van der Waals surface area (Å²) in [6, 6.07) is 17.4. The highest BCUT2D eigenvalue weighted by molar-refractivity contribution is 7.99. The van der Waals surface area contributed by atoms with Crippen molar-refractivity contribution < 1.29 is 13.3 Å². The van der Waals surface area contributed by atoms with Gasteiger partial charge in [-0.25, -0.2) is 0 Å². The Kier molecular flexibility index (Phi) is 5.42. The molecule has 0 aromatic heterocycles. The van der Waals surface area contributed by atoms with Crippen molar-refractivity contribution in [2.75, 3.05) is 5.32 Å². The van der Waals surface area contributed by atoms with E-state index in [-0.39, 0.29) is 10.6 Å². The fourth-order valence-electron chi connectivity index (χ4n) is 3.06. The maximum atomic E-state index is 12.6. The third-order valence-corrected chi connectivity index (χ3v) is 7.15. The number of anilines is 2.